The fraction of sp³-hybridized carbons (Fsp3) is 0.556. The Kier molecular flexibility index (Phi) is 2.77. The van der Waals surface area contributed by atoms with Crippen LogP contribution < -0.4 is 5.73 Å². The van der Waals surface area contributed by atoms with Crippen LogP contribution in [0.3, 0.4) is 0 Å². The molecule has 0 saturated heterocycles. The second-order valence-corrected chi connectivity index (χ2v) is 5.63. The quantitative estimate of drug-likeness (QED) is 0.795. The van der Waals surface area contributed by atoms with Crippen molar-refractivity contribution in [1.82, 2.24) is 4.98 Å². The zero-order valence-electron chi connectivity index (χ0n) is 7.64. The first-order chi connectivity index (χ1) is 6.74. The fourth-order valence-corrected chi connectivity index (χ4v) is 3.08. The van der Waals surface area contributed by atoms with Crippen molar-refractivity contribution in [2.45, 2.75) is 22.7 Å². The standard InChI is InChI=1S/C9H11N3S2/c10-5-9(11,7-1-2-7)6-14-8-12-3-4-13-8/h3-4,7H,1-2,6,11H2. The Morgan fingerprint density at radius 2 is 2.57 bits per heavy atom. The van der Waals surface area contributed by atoms with E-state index in [9.17, 15) is 0 Å². The molecule has 1 heterocycles. The van der Waals surface area contributed by atoms with E-state index in [4.69, 9.17) is 11.0 Å². The van der Waals surface area contributed by atoms with E-state index in [1.165, 1.54) is 0 Å². The van der Waals surface area contributed by atoms with Gasteiger partial charge in [-0.1, -0.05) is 11.8 Å². The van der Waals surface area contributed by atoms with Gasteiger partial charge < -0.3 is 5.73 Å². The maximum Gasteiger partial charge on any atom is 0.149 e. The van der Waals surface area contributed by atoms with Gasteiger partial charge in [-0.25, -0.2) is 4.98 Å². The molecule has 14 heavy (non-hydrogen) atoms. The van der Waals surface area contributed by atoms with Gasteiger partial charge in [-0.2, -0.15) is 5.26 Å². The highest BCUT2D eigenvalue weighted by atomic mass is 32.2. The molecular formula is C9H11N3S2. The Balaban J connectivity index is 1.93. The molecule has 0 aromatic carbocycles. The van der Waals surface area contributed by atoms with Gasteiger partial charge in [0.25, 0.3) is 0 Å². The van der Waals surface area contributed by atoms with Crippen LogP contribution in [-0.4, -0.2) is 16.3 Å². The summed E-state index contributed by atoms with van der Waals surface area (Å²) in [7, 11) is 0. The zero-order valence-corrected chi connectivity index (χ0v) is 9.27. The fourth-order valence-electron chi connectivity index (χ4n) is 1.30. The van der Waals surface area contributed by atoms with E-state index in [0.29, 0.717) is 11.7 Å². The Morgan fingerprint density at radius 3 is 3.07 bits per heavy atom. The molecule has 1 saturated carbocycles. The number of thioether (sulfide) groups is 1. The molecule has 0 bridgehead atoms. The largest absolute Gasteiger partial charge is 0.312 e. The van der Waals surface area contributed by atoms with E-state index >= 15 is 0 Å². The van der Waals surface area contributed by atoms with E-state index in [1.54, 1.807) is 29.3 Å². The Morgan fingerprint density at radius 1 is 1.79 bits per heavy atom. The highest BCUT2D eigenvalue weighted by Gasteiger charge is 2.42. The van der Waals surface area contributed by atoms with Crippen molar-refractivity contribution >= 4 is 23.1 Å². The lowest BCUT2D eigenvalue weighted by atomic mass is 10.00. The van der Waals surface area contributed by atoms with Gasteiger partial charge in [0.2, 0.25) is 0 Å². The number of nitriles is 1. The number of thiazole rings is 1. The molecule has 5 heteroatoms. The predicted molar refractivity (Wildman–Crippen MR) is 58.1 cm³/mol. The molecule has 1 aliphatic carbocycles. The summed E-state index contributed by atoms with van der Waals surface area (Å²) < 4.78 is 0.996. The van der Waals surface area contributed by atoms with Gasteiger partial charge in [-0.3, -0.25) is 0 Å². The highest BCUT2D eigenvalue weighted by Crippen LogP contribution is 2.40. The van der Waals surface area contributed by atoms with Gasteiger partial charge in [0.1, 0.15) is 9.88 Å². The SMILES string of the molecule is N#CC(N)(CSc1nccs1)C1CC1. The van der Waals surface area contributed by atoms with Crippen LogP contribution >= 0.6 is 23.1 Å². The topological polar surface area (TPSA) is 62.7 Å². The Bertz CT molecular complexity index is 339. The smallest absolute Gasteiger partial charge is 0.149 e. The summed E-state index contributed by atoms with van der Waals surface area (Å²) in [6, 6.07) is 2.24. The molecule has 2 N–H and O–H groups in total. The van der Waals surface area contributed by atoms with Gasteiger partial charge in [0.15, 0.2) is 0 Å². The molecule has 1 fully saturated rings. The molecule has 0 amide bonds. The van der Waals surface area contributed by atoms with Gasteiger partial charge in [0, 0.05) is 17.3 Å². The normalized spacial score (nSPS) is 20.0. The third-order valence-electron chi connectivity index (χ3n) is 2.36. The van der Waals surface area contributed by atoms with Crippen LogP contribution in [0.25, 0.3) is 0 Å². The van der Waals surface area contributed by atoms with Crippen molar-refractivity contribution in [2.75, 3.05) is 5.75 Å². The average molecular weight is 225 g/mol. The zero-order chi connectivity index (χ0) is 10.0. The second kappa shape index (κ2) is 3.89. The number of aromatic nitrogens is 1. The molecule has 1 aliphatic rings. The number of nitrogens with zero attached hydrogens (tertiary/aromatic N) is 2. The summed E-state index contributed by atoms with van der Waals surface area (Å²) in [4.78, 5) is 4.15. The van der Waals surface area contributed by atoms with E-state index in [-0.39, 0.29) is 0 Å². The maximum absolute atomic E-state index is 9.02. The van der Waals surface area contributed by atoms with Crippen LogP contribution in [-0.2, 0) is 0 Å². The van der Waals surface area contributed by atoms with Crippen LogP contribution in [0, 0.1) is 17.2 Å². The molecule has 74 valence electrons. The van der Waals surface area contributed by atoms with Crippen LogP contribution in [0.5, 0.6) is 0 Å². The van der Waals surface area contributed by atoms with E-state index < -0.39 is 5.54 Å². The first-order valence-corrected chi connectivity index (χ1v) is 6.33. The molecule has 3 nitrogen and oxygen atoms in total. The van der Waals surface area contributed by atoms with Crippen molar-refractivity contribution in [3.8, 4) is 6.07 Å². The summed E-state index contributed by atoms with van der Waals surface area (Å²) in [6.07, 6.45) is 3.97. The first-order valence-electron chi connectivity index (χ1n) is 4.47. The van der Waals surface area contributed by atoms with Crippen molar-refractivity contribution in [3.63, 3.8) is 0 Å². The monoisotopic (exact) mass is 225 g/mol. The number of nitrogens with two attached hydrogens (primary N) is 1. The Hall–Kier alpha value is -0.570. The lowest BCUT2D eigenvalue weighted by molar-refractivity contribution is 0.532. The third-order valence-corrected chi connectivity index (χ3v) is 4.54. The molecule has 2 rings (SSSR count). The molecule has 1 unspecified atom stereocenters. The highest BCUT2D eigenvalue weighted by molar-refractivity contribution is 8.01. The lowest BCUT2D eigenvalue weighted by Gasteiger charge is -2.19. The lowest BCUT2D eigenvalue weighted by Crippen LogP contribution is -2.43. The van der Waals surface area contributed by atoms with Crippen molar-refractivity contribution in [2.24, 2.45) is 11.7 Å². The van der Waals surface area contributed by atoms with Gasteiger partial charge in [-0.15, -0.1) is 11.3 Å². The van der Waals surface area contributed by atoms with Crippen molar-refractivity contribution in [1.29, 1.82) is 5.26 Å². The molecule has 1 aromatic heterocycles. The van der Waals surface area contributed by atoms with Crippen LogP contribution in [0.4, 0.5) is 0 Å². The average Bonchev–Trinajstić information content (AvgIpc) is 2.94. The van der Waals surface area contributed by atoms with E-state index in [2.05, 4.69) is 11.1 Å². The first kappa shape index (κ1) is 9.97. The summed E-state index contributed by atoms with van der Waals surface area (Å²) >= 11 is 3.18. The van der Waals surface area contributed by atoms with Crippen LogP contribution in [0.1, 0.15) is 12.8 Å². The summed E-state index contributed by atoms with van der Waals surface area (Å²) in [5.74, 6) is 1.06. The minimum Gasteiger partial charge on any atom is -0.312 e. The molecule has 0 radical (unpaired) electrons. The number of hydrogen-bond acceptors (Lipinski definition) is 5. The van der Waals surface area contributed by atoms with Crippen LogP contribution in [0.2, 0.25) is 0 Å². The second-order valence-electron chi connectivity index (χ2n) is 3.51. The third kappa shape index (κ3) is 2.08. The predicted octanol–water partition coefficient (Wildman–Crippen LogP) is 1.87. The van der Waals surface area contributed by atoms with Gasteiger partial charge >= 0.3 is 0 Å². The number of rotatable bonds is 4. The summed E-state index contributed by atoms with van der Waals surface area (Å²) in [5.41, 5.74) is 5.37. The minimum atomic E-state index is -0.643. The number of hydrogen-bond donors (Lipinski definition) is 1. The molecule has 1 atom stereocenters. The molecule has 1 aromatic rings. The van der Waals surface area contributed by atoms with Gasteiger partial charge in [0.05, 0.1) is 6.07 Å². The van der Waals surface area contributed by atoms with Crippen LogP contribution in [0.15, 0.2) is 15.9 Å². The Labute approximate surface area is 91.3 Å². The van der Waals surface area contributed by atoms with Gasteiger partial charge in [-0.05, 0) is 18.8 Å². The van der Waals surface area contributed by atoms with E-state index in [0.717, 1.165) is 17.2 Å². The molecular weight excluding hydrogens is 214 g/mol. The maximum atomic E-state index is 9.02. The van der Waals surface area contributed by atoms with E-state index in [1.807, 2.05) is 5.38 Å². The summed E-state index contributed by atoms with van der Waals surface area (Å²) in [6.45, 7) is 0. The van der Waals surface area contributed by atoms with Crippen molar-refractivity contribution < 1.29 is 0 Å². The summed E-state index contributed by atoms with van der Waals surface area (Å²) in [5, 5.41) is 11.0. The minimum absolute atomic E-state index is 0.403. The molecule has 0 aliphatic heterocycles. The molecule has 0 spiro atoms. The van der Waals surface area contributed by atoms with Crippen molar-refractivity contribution in [3.05, 3.63) is 11.6 Å².